The van der Waals surface area contributed by atoms with Crippen molar-refractivity contribution in [3.8, 4) is 0 Å². The van der Waals surface area contributed by atoms with Crippen LogP contribution in [0.2, 0.25) is 0 Å². The van der Waals surface area contributed by atoms with Crippen molar-refractivity contribution in [2.45, 2.75) is 19.5 Å². The second-order valence-electron chi connectivity index (χ2n) is 3.63. The number of nitrogens with zero attached hydrogens (tertiary/aromatic N) is 1. The van der Waals surface area contributed by atoms with Crippen molar-refractivity contribution in [1.82, 2.24) is 0 Å². The molecule has 1 aliphatic rings. The van der Waals surface area contributed by atoms with Crippen LogP contribution in [-0.2, 0) is 0 Å². The molecule has 5 heteroatoms. The average Bonchev–Trinajstić information content (AvgIpc) is 2.18. The van der Waals surface area contributed by atoms with Crippen LogP contribution in [0.1, 0.15) is 22.3 Å². The molecule has 84 valence electrons. The van der Waals surface area contributed by atoms with E-state index in [4.69, 9.17) is 0 Å². The van der Waals surface area contributed by atoms with E-state index in [-0.39, 0.29) is 11.3 Å². The third-order valence-electron chi connectivity index (χ3n) is 2.44. The number of benzene rings is 1. The maximum Gasteiger partial charge on any atom is 0.429 e. The minimum absolute atomic E-state index is 0.145. The molecule has 0 saturated heterocycles. The number of alkyl halides is 3. The maximum absolute atomic E-state index is 12.5. The Hall–Kier alpha value is -1.65. The van der Waals surface area contributed by atoms with Crippen molar-refractivity contribution in [2.75, 3.05) is 0 Å². The summed E-state index contributed by atoms with van der Waals surface area (Å²) in [5, 5.41) is 0. The average molecular weight is 227 g/mol. The van der Waals surface area contributed by atoms with E-state index in [9.17, 15) is 18.0 Å². The number of ketones is 1. The molecule has 0 aliphatic carbocycles. The Kier molecular flexibility index (Phi) is 2.33. The number of hydrogen-bond acceptors (Lipinski definition) is 2. The third-order valence-corrected chi connectivity index (χ3v) is 2.44. The lowest BCUT2D eigenvalue weighted by Gasteiger charge is -2.17. The number of fused-ring (bicyclic) bond motifs is 1. The number of para-hydroxylation sites is 1. The van der Waals surface area contributed by atoms with Gasteiger partial charge in [-0.25, -0.2) is 4.99 Å². The van der Waals surface area contributed by atoms with Gasteiger partial charge < -0.3 is 0 Å². The van der Waals surface area contributed by atoms with Crippen LogP contribution in [0.4, 0.5) is 18.9 Å². The molecule has 0 fully saturated rings. The van der Waals surface area contributed by atoms with Gasteiger partial charge in [-0.05, 0) is 18.6 Å². The summed E-state index contributed by atoms with van der Waals surface area (Å²) in [4.78, 5) is 15.1. The number of aliphatic imine (C=N–C) groups is 1. The first-order valence-corrected chi connectivity index (χ1v) is 4.67. The zero-order chi connectivity index (χ0) is 11.9. The number of hydrogen-bond donors (Lipinski definition) is 0. The van der Waals surface area contributed by atoms with Crippen molar-refractivity contribution < 1.29 is 18.0 Å². The van der Waals surface area contributed by atoms with Crippen LogP contribution in [-0.4, -0.2) is 17.7 Å². The van der Waals surface area contributed by atoms with E-state index in [1.54, 1.807) is 19.1 Å². The number of carbonyl (C=O) groups excluding carboxylic acids is 1. The van der Waals surface area contributed by atoms with Crippen LogP contribution in [0.5, 0.6) is 0 Å². The lowest BCUT2D eigenvalue weighted by Crippen LogP contribution is -2.28. The first kappa shape index (κ1) is 10.9. The van der Waals surface area contributed by atoms with Gasteiger partial charge in [-0.2, -0.15) is 13.2 Å². The Bertz CT molecular complexity index is 488. The molecule has 0 saturated carbocycles. The summed E-state index contributed by atoms with van der Waals surface area (Å²) >= 11 is 0. The molecule has 0 amide bonds. The molecule has 16 heavy (non-hydrogen) atoms. The SMILES string of the molecule is Cc1cccc2c1N=C(C(F)(F)F)CC2=O. The highest BCUT2D eigenvalue weighted by Crippen LogP contribution is 2.33. The smallest absolute Gasteiger partial charge is 0.294 e. The van der Waals surface area contributed by atoms with Gasteiger partial charge in [0.05, 0.1) is 12.1 Å². The summed E-state index contributed by atoms with van der Waals surface area (Å²) in [5.74, 6) is -0.527. The van der Waals surface area contributed by atoms with Gasteiger partial charge in [-0.3, -0.25) is 4.79 Å². The second kappa shape index (κ2) is 3.43. The molecule has 0 radical (unpaired) electrons. The quantitative estimate of drug-likeness (QED) is 0.669. The normalized spacial score (nSPS) is 15.8. The largest absolute Gasteiger partial charge is 0.429 e. The number of carbonyl (C=O) groups is 1. The molecule has 1 aliphatic heterocycles. The van der Waals surface area contributed by atoms with E-state index < -0.39 is 24.1 Å². The summed E-state index contributed by atoms with van der Waals surface area (Å²) in [5.41, 5.74) is -0.0225. The van der Waals surface area contributed by atoms with Gasteiger partial charge >= 0.3 is 6.18 Å². The Labute approximate surface area is 89.8 Å². The molecule has 0 unspecified atom stereocenters. The molecule has 1 aromatic rings. The Morgan fingerprint density at radius 3 is 2.62 bits per heavy atom. The lowest BCUT2D eigenvalue weighted by atomic mass is 9.97. The number of rotatable bonds is 0. The zero-order valence-electron chi connectivity index (χ0n) is 8.43. The summed E-state index contributed by atoms with van der Waals surface area (Å²) in [6.45, 7) is 1.63. The topological polar surface area (TPSA) is 29.4 Å². The second-order valence-corrected chi connectivity index (χ2v) is 3.63. The molecule has 0 N–H and O–H groups in total. The van der Waals surface area contributed by atoms with Crippen molar-refractivity contribution in [3.05, 3.63) is 29.3 Å². The highest BCUT2D eigenvalue weighted by molar-refractivity contribution is 6.17. The molecule has 0 aromatic heterocycles. The molecule has 0 spiro atoms. The van der Waals surface area contributed by atoms with Crippen LogP contribution in [0.15, 0.2) is 23.2 Å². The number of Topliss-reactive ketones (excluding diaryl/α,β-unsaturated/α-hetero) is 1. The zero-order valence-corrected chi connectivity index (χ0v) is 8.43. The molecular weight excluding hydrogens is 219 g/mol. The first-order valence-electron chi connectivity index (χ1n) is 4.67. The van der Waals surface area contributed by atoms with Gasteiger partial charge in [0.2, 0.25) is 0 Å². The van der Waals surface area contributed by atoms with E-state index in [2.05, 4.69) is 4.99 Å². The fourth-order valence-corrected chi connectivity index (χ4v) is 1.62. The fraction of sp³-hybridized carbons (Fsp3) is 0.273. The van der Waals surface area contributed by atoms with Crippen LogP contribution < -0.4 is 0 Å². The van der Waals surface area contributed by atoms with Crippen LogP contribution in [0.25, 0.3) is 0 Å². The van der Waals surface area contributed by atoms with E-state index >= 15 is 0 Å². The molecule has 1 aromatic carbocycles. The summed E-state index contributed by atoms with van der Waals surface area (Å²) in [6, 6.07) is 4.77. The Morgan fingerprint density at radius 1 is 1.31 bits per heavy atom. The first-order chi connectivity index (χ1) is 7.39. The van der Waals surface area contributed by atoms with E-state index in [0.29, 0.717) is 5.56 Å². The predicted molar refractivity (Wildman–Crippen MR) is 53.3 cm³/mol. The summed E-state index contributed by atoms with van der Waals surface area (Å²) in [6.07, 6.45) is -5.20. The molecule has 0 bridgehead atoms. The molecule has 2 rings (SSSR count). The van der Waals surface area contributed by atoms with Gasteiger partial charge in [0.1, 0.15) is 5.71 Å². The molecule has 1 heterocycles. The molecule has 2 nitrogen and oxygen atoms in total. The standard InChI is InChI=1S/C11H8F3NO/c1-6-3-2-4-7-8(16)5-9(11(12,13)14)15-10(6)7/h2-4H,5H2,1H3. The van der Waals surface area contributed by atoms with Gasteiger partial charge in [-0.1, -0.05) is 12.1 Å². The minimum Gasteiger partial charge on any atom is -0.294 e. The Balaban J connectivity index is 2.60. The molecular formula is C11H8F3NO. The van der Waals surface area contributed by atoms with Crippen molar-refractivity contribution in [1.29, 1.82) is 0 Å². The number of halogens is 3. The van der Waals surface area contributed by atoms with Crippen LogP contribution >= 0.6 is 0 Å². The van der Waals surface area contributed by atoms with E-state index in [0.717, 1.165) is 0 Å². The maximum atomic E-state index is 12.5. The highest BCUT2D eigenvalue weighted by Gasteiger charge is 2.39. The highest BCUT2D eigenvalue weighted by atomic mass is 19.4. The monoisotopic (exact) mass is 227 g/mol. The van der Waals surface area contributed by atoms with E-state index in [1.165, 1.54) is 6.07 Å². The predicted octanol–water partition coefficient (Wildman–Crippen LogP) is 3.22. The van der Waals surface area contributed by atoms with Crippen LogP contribution in [0, 0.1) is 6.92 Å². The van der Waals surface area contributed by atoms with Crippen molar-refractivity contribution >= 4 is 17.2 Å². The van der Waals surface area contributed by atoms with Gasteiger partial charge in [-0.15, -0.1) is 0 Å². The minimum atomic E-state index is -4.53. The Morgan fingerprint density at radius 2 is 2.00 bits per heavy atom. The van der Waals surface area contributed by atoms with Gasteiger partial charge in [0.25, 0.3) is 0 Å². The van der Waals surface area contributed by atoms with Crippen molar-refractivity contribution in [3.63, 3.8) is 0 Å². The fourth-order valence-electron chi connectivity index (χ4n) is 1.62. The third kappa shape index (κ3) is 1.73. The van der Waals surface area contributed by atoms with Crippen LogP contribution in [0.3, 0.4) is 0 Å². The van der Waals surface area contributed by atoms with Crippen molar-refractivity contribution in [2.24, 2.45) is 4.99 Å². The lowest BCUT2D eigenvalue weighted by molar-refractivity contribution is -0.0602. The van der Waals surface area contributed by atoms with E-state index in [1.807, 2.05) is 0 Å². The van der Waals surface area contributed by atoms with Gasteiger partial charge in [0.15, 0.2) is 5.78 Å². The summed E-state index contributed by atoms with van der Waals surface area (Å²) < 4.78 is 37.4. The van der Waals surface area contributed by atoms with Gasteiger partial charge in [0, 0.05) is 5.56 Å². The molecule has 0 atom stereocenters. The number of aryl methyl sites for hydroxylation is 1. The summed E-state index contributed by atoms with van der Waals surface area (Å²) in [7, 11) is 0.